The number of sulfone groups is 1. The molecule has 0 saturated carbocycles. The first-order chi connectivity index (χ1) is 15.7. The largest absolute Gasteiger partial charge is 0.459 e. The van der Waals surface area contributed by atoms with Crippen molar-refractivity contribution in [2.45, 2.75) is 35.8 Å². The number of amides is 1. The van der Waals surface area contributed by atoms with Crippen molar-refractivity contribution in [1.82, 2.24) is 14.8 Å². The highest BCUT2D eigenvalue weighted by atomic mass is 32.2. The predicted molar refractivity (Wildman–Crippen MR) is 125 cm³/mol. The molecule has 1 N–H and O–H groups in total. The Labute approximate surface area is 196 Å². The Morgan fingerprint density at radius 2 is 1.73 bits per heavy atom. The SMILES string of the molecule is CC(C)OC(=O)c1ccc(NC(=O)CSc2nnc(CS(=O)(=O)c3ccccc3)n2C)cc1. The van der Waals surface area contributed by atoms with Crippen LogP contribution in [0.25, 0.3) is 0 Å². The van der Waals surface area contributed by atoms with Crippen LogP contribution >= 0.6 is 11.8 Å². The quantitative estimate of drug-likeness (QED) is 0.360. The fourth-order valence-electron chi connectivity index (χ4n) is 2.78. The molecular formula is C22H24N4O5S2. The van der Waals surface area contributed by atoms with Crippen molar-refractivity contribution >= 4 is 39.2 Å². The van der Waals surface area contributed by atoms with Crippen molar-refractivity contribution in [3.63, 3.8) is 0 Å². The van der Waals surface area contributed by atoms with Gasteiger partial charge in [0.15, 0.2) is 15.0 Å². The number of aromatic nitrogens is 3. The van der Waals surface area contributed by atoms with Crippen molar-refractivity contribution < 1.29 is 22.7 Å². The summed E-state index contributed by atoms with van der Waals surface area (Å²) in [4.78, 5) is 24.4. The minimum Gasteiger partial charge on any atom is -0.459 e. The molecule has 0 unspecified atom stereocenters. The third-order valence-corrected chi connectivity index (χ3v) is 7.07. The molecule has 0 aliphatic heterocycles. The lowest BCUT2D eigenvalue weighted by Crippen LogP contribution is -2.15. The third kappa shape index (κ3) is 6.65. The van der Waals surface area contributed by atoms with Crippen molar-refractivity contribution in [2.24, 2.45) is 7.05 Å². The van der Waals surface area contributed by atoms with Gasteiger partial charge >= 0.3 is 5.97 Å². The molecule has 0 saturated heterocycles. The smallest absolute Gasteiger partial charge is 0.338 e. The van der Waals surface area contributed by atoms with E-state index in [1.54, 1.807) is 67.9 Å². The number of carbonyl (C=O) groups is 2. The van der Waals surface area contributed by atoms with Gasteiger partial charge in [0.05, 0.1) is 22.3 Å². The zero-order valence-corrected chi connectivity index (χ0v) is 20.0. The van der Waals surface area contributed by atoms with Gasteiger partial charge in [-0.1, -0.05) is 30.0 Å². The first-order valence-electron chi connectivity index (χ1n) is 10.1. The summed E-state index contributed by atoms with van der Waals surface area (Å²) in [5, 5.41) is 11.1. The first kappa shape index (κ1) is 24.5. The Balaban J connectivity index is 1.56. The number of anilines is 1. The zero-order valence-electron chi connectivity index (χ0n) is 18.4. The normalized spacial score (nSPS) is 11.4. The maximum Gasteiger partial charge on any atom is 0.338 e. The van der Waals surface area contributed by atoms with Gasteiger partial charge in [0.25, 0.3) is 0 Å². The summed E-state index contributed by atoms with van der Waals surface area (Å²) >= 11 is 1.14. The summed E-state index contributed by atoms with van der Waals surface area (Å²) in [6, 6.07) is 14.5. The molecule has 9 nitrogen and oxygen atoms in total. The van der Waals surface area contributed by atoms with Crippen molar-refractivity contribution in [2.75, 3.05) is 11.1 Å². The molecule has 174 valence electrons. The van der Waals surface area contributed by atoms with Crippen LogP contribution in [0.3, 0.4) is 0 Å². The van der Waals surface area contributed by atoms with E-state index in [2.05, 4.69) is 15.5 Å². The Bertz CT molecular complexity index is 1220. The Morgan fingerprint density at radius 1 is 1.06 bits per heavy atom. The van der Waals surface area contributed by atoms with Gasteiger partial charge in [-0.05, 0) is 50.2 Å². The average Bonchev–Trinajstić information content (AvgIpc) is 3.11. The molecule has 0 bridgehead atoms. The van der Waals surface area contributed by atoms with E-state index in [0.29, 0.717) is 16.4 Å². The number of nitrogens with one attached hydrogen (secondary N) is 1. The predicted octanol–water partition coefficient (Wildman–Crippen LogP) is 3.09. The molecule has 0 fully saturated rings. The van der Waals surface area contributed by atoms with E-state index < -0.39 is 15.8 Å². The summed E-state index contributed by atoms with van der Waals surface area (Å²) in [6.07, 6.45) is -0.214. The highest BCUT2D eigenvalue weighted by Crippen LogP contribution is 2.20. The number of hydrogen-bond acceptors (Lipinski definition) is 8. The third-order valence-electron chi connectivity index (χ3n) is 4.43. The number of rotatable bonds is 9. The summed E-state index contributed by atoms with van der Waals surface area (Å²) < 4.78 is 31.8. The van der Waals surface area contributed by atoms with Gasteiger partial charge in [-0.3, -0.25) is 4.79 Å². The number of benzene rings is 2. The molecule has 0 aliphatic carbocycles. The maximum absolute atomic E-state index is 12.6. The van der Waals surface area contributed by atoms with Crippen LogP contribution < -0.4 is 5.32 Å². The van der Waals surface area contributed by atoms with E-state index in [1.165, 1.54) is 12.1 Å². The second kappa shape index (κ2) is 10.6. The average molecular weight is 489 g/mol. The van der Waals surface area contributed by atoms with Crippen LogP contribution in [0.1, 0.15) is 30.0 Å². The van der Waals surface area contributed by atoms with E-state index >= 15 is 0 Å². The lowest BCUT2D eigenvalue weighted by atomic mass is 10.2. The highest BCUT2D eigenvalue weighted by molar-refractivity contribution is 7.99. The zero-order chi connectivity index (χ0) is 24.0. The van der Waals surface area contributed by atoms with Gasteiger partial charge in [0, 0.05) is 12.7 Å². The molecule has 0 aliphatic rings. The minimum atomic E-state index is -3.56. The van der Waals surface area contributed by atoms with E-state index in [-0.39, 0.29) is 34.2 Å². The fraction of sp³-hybridized carbons (Fsp3) is 0.273. The molecule has 2 aromatic carbocycles. The lowest BCUT2D eigenvalue weighted by molar-refractivity contribution is -0.113. The molecular weight excluding hydrogens is 464 g/mol. The van der Waals surface area contributed by atoms with Gasteiger partial charge in [-0.15, -0.1) is 10.2 Å². The Morgan fingerprint density at radius 3 is 2.36 bits per heavy atom. The number of thioether (sulfide) groups is 1. The fourth-order valence-corrected chi connectivity index (χ4v) is 4.84. The van der Waals surface area contributed by atoms with Crippen LogP contribution in [0.15, 0.2) is 64.6 Å². The van der Waals surface area contributed by atoms with Gasteiger partial charge in [0.1, 0.15) is 11.6 Å². The summed E-state index contributed by atoms with van der Waals surface area (Å²) in [5.41, 5.74) is 0.933. The number of hydrogen-bond donors (Lipinski definition) is 1. The molecule has 11 heteroatoms. The lowest BCUT2D eigenvalue weighted by Gasteiger charge is -2.09. The molecule has 1 aromatic heterocycles. The maximum atomic E-state index is 12.6. The number of esters is 1. The van der Waals surface area contributed by atoms with E-state index in [4.69, 9.17) is 4.74 Å². The van der Waals surface area contributed by atoms with Gasteiger partial charge < -0.3 is 14.6 Å². The monoisotopic (exact) mass is 488 g/mol. The molecule has 0 radical (unpaired) electrons. The molecule has 33 heavy (non-hydrogen) atoms. The van der Waals surface area contributed by atoms with Crippen LogP contribution in [-0.4, -0.2) is 46.9 Å². The Kier molecular flexibility index (Phi) is 7.88. The van der Waals surface area contributed by atoms with Gasteiger partial charge in [-0.25, -0.2) is 13.2 Å². The molecule has 3 rings (SSSR count). The van der Waals surface area contributed by atoms with Crippen molar-refractivity contribution in [3.05, 3.63) is 66.0 Å². The summed E-state index contributed by atoms with van der Waals surface area (Å²) in [7, 11) is -1.90. The van der Waals surface area contributed by atoms with E-state index in [1.807, 2.05) is 0 Å². The van der Waals surface area contributed by atoms with Crippen LogP contribution in [0.4, 0.5) is 5.69 Å². The highest BCUT2D eigenvalue weighted by Gasteiger charge is 2.20. The number of nitrogens with zero attached hydrogens (tertiary/aromatic N) is 3. The molecule has 1 heterocycles. The van der Waals surface area contributed by atoms with Crippen LogP contribution in [0, 0.1) is 0 Å². The number of carbonyl (C=O) groups excluding carboxylic acids is 2. The van der Waals surface area contributed by atoms with Crippen molar-refractivity contribution in [1.29, 1.82) is 0 Å². The first-order valence-corrected chi connectivity index (χ1v) is 12.7. The van der Waals surface area contributed by atoms with E-state index in [0.717, 1.165) is 11.8 Å². The van der Waals surface area contributed by atoms with Crippen LogP contribution in [0.2, 0.25) is 0 Å². The van der Waals surface area contributed by atoms with Gasteiger partial charge in [0.2, 0.25) is 5.91 Å². The van der Waals surface area contributed by atoms with Crippen LogP contribution in [-0.2, 0) is 32.2 Å². The second-order valence-corrected chi connectivity index (χ2v) is 10.3. The molecule has 0 atom stereocenters. The van der Waals surface area contributed by atoms with Crippen molar-refractivity contribution in [3.8, 4) is 0 Å². The van der Waals surface area contributed by atoms with E-state index in [9.17, 15) is 18.0 Å². The molecule has 3 aromatic rings. The topological polar surface area (TPSA) is 120 Å². The summed E-state index contributed by atoms with van der Waals surface area (Å²) in [6.45, 7) is 3.54. The molecule has 1 amide bonds. The van der Waals surface area contributed by atoms with Gasteiger partial charge in [-0.2, -0.15) is 0 Å². The molecule has 0 spiro atoms. The second-order valence-electron chi connectivity index (χ2n) is 7.40. The van der Waals surface area contributed by atoms with Crippen LogP contribution in [0.5, 0.6) is 0 Å². The Hall–Kier alpha value is -3.18. The standard InChI is InChI=1S/C22H24N4O5S2/c1-15(2)31-21(28)16-9-11-17(12-10-16)23-20(27)13-32-22-25-24-19(26(22)3)14-33(29,30)18-7-5-4-6-8-18/h4-12,15H,13-14H2,1-3H3,(H,23,27). The summed E-state index contributed by atoms with van der Waals surface area (Å²) in [5.74, 6) is -0.664. The minimum absolute atomic E-state index is 0.0501. The number of ether oxygens (including phenoxy) is 1.